The fourth-order valence-electron chi connectivity index (χ4n) is 3.27. The summed E-state index contributed by atoms with van der Waals surface area (Å²) in [4.78, 5) is 23.5. The Balaban J connectivity index is 1.45. The normalized spacial score (nSPS) is 15.2. The number of rotatable bonds is 3. The number of aromatic nitrogens is 2. The molecular formula is C20H17N3O4S. The summed E-state index contributed by atoms with van der Waals surface area (Å²) in [5.74, 6) is 2.00. The van der Waals surface area contributed by atoms with Gasteiger partial charge in [-0.3, -0.25) is 4.79 Å². The van der Waals surface area contributed by atoms with E-state index < -0.39 is 0 Å². The Morgan fingerprint density at radius 3 is 2.79 bits per heavy atom. The minimum atomic E-state index is -0.0757. The molecule has 2 aliphatic rings. The van der Waals surface area contributed by atoms with E-state index in [0.717, 1.165) is 33.4 Å². The monoisotopic (exact) mass is 395 g/mol. The molecule has 142 valence electrons. The summed E-state index contributed by atoms with van der Waals surface area (Å²) >= 11 is 1.58. The van der Waals surface area contributed by atoms with Crippen LogP contribution in [0.15, 0.2) is 35.7 Å². The minimum absolute atomic E-state index is 0.00116. The Bertz CT molecular complexity index is 1070. The SMILES string of the molecule is Cc1nc(CN2Cc3nc(-c4ccc5c(c4)OCO5)ccc3OCC2=O)cs1. The van der Waals surface area contributed by atoms with Gasteiger partial charge in [0, 0.05) is 10.9 Å². The zero-order chi connectivity index (χ0) is 19.1. The number of aryl methyl sites for hydroxylation is 1. The maximum absolute atomic E-state index is 12.5. The zero-order valence-corrected chi connectivity index (χ0v) is 16.0. The highest BCUT2D eigenvalue weighted by Gasteiger charge is 2.24. The van der Waals surface area contributed by atoms with Crippen LogP contribution < -0.4 is 14.2 Å². The van der Waals surface area contributed by atoms with Crippen LogP contribution in [-0.4, -0.2) is 34.2 Å². The van der Waals surface area contributed by atoms with Crippen molar-refractivity contribution in [2.24, 2.45) is 0 Å². The fourth-order valence-corrected chi connectivity index (χ4v) is 3.87. The van der Waals surface area contributed by atoms with Gasteiger partial charge in [0.1, 0.15) is 11.4 Å². The second-order valence-corrected chi connectivity index (χ2v) is 7.67. The van der Waals surface area contributed by atoms with Crippen LogP contribution in [-0.2, 0) is 17.9 Å². The van der Waals surface area contributed by atoms with E-state index >= 15 is 0 Å². The van der Waals surface area contributed by atoms with Crippen LogP contribution in [0.3, 0.4) is 0 Å². The van der Waals surface area contributed by atoms with Crippen LogP contribution in [0.25, 0.3) is 11.3 Å². The van der Waals surface area contributed by atoms with Crippen molar-refractivity contribution in [1.29, 1.82) is 0 Å². The van der Waals surface area contributed by atoms with E-state index in [1.165, 1.54) is 0 Å². The topological polar surface area (TPSA) is 73.8 Å². The summed E-state index contributed by atoms with van der Waals surface area (Å²) in [7, 11) is 0. The second kappa shape index (κ2) is 6.79. The number of thiazole rings is 1. The van der Waals surface area contributed by atoms with Crippen LogP contribution in [0.2, 0.25) is 0 Å². The van der Waals surface area contributed by atoms with E-state index in [-0.39, 0.29) is 19.3 Å². The molecule has 2 aromatic heterocycles. The number of carbonyl (C=O) groups excluding carboxylic acids is 1. The molecule has 2 aliphatic heterocycles. The third kappa shape index (κ3) is 3.16. The average Bonchev–Trinajstić information content (AvgIpc) is 3.30. The van der Waals surface area contributed by atoms with Gasteiger partial charge < -0.3 is 19.1 Å². The van der Waals surface area contributed by atoms with Crippen molar-refractivity contribution in [3.63, 3.8) is 0 Å². The lowest BCUT2D eigenvalue weighted by Crippen LogP contribution is -2.32. The molecule has 0 saturated carbocycles. The van der Waals surface area contributed by atoms with E-state index in [2.05, 4.69) is 4.98 Å². The number of amides is 1. The molecule has 0 unspecified atom stereocenters. The second-order valence-electron chi connectivity index (χ2n) is 6.61. The molecular weight excluding hydrogens is 378 g/mol. The lowest BCUT2D eigenvalue weighted by Gasteiger charge is -2.18. The quantitative estimate of drug-likeness (QED) is 0.678. The summed E-state index contributed by atoms with van der Waals surface area (Å²) in [6.07, 6.45) is 0. The number of hydrogen-bond donors (Lipinski definition) is 0. The van der Waals surface area contributed by atoms with Crippen molar-refractivity contribution >= 4 is 17.2 Å². The zero-order valence-electron chi connectivity index (χ0n) is 15.2. The Hall–Kier alpha value is -3.13. The van der Waals surface area contributed by atoms with E-state index in [0.29, 0.717) is 24.6 Å². The first-order chi connectivity index (χ1) is 13.7. The highest BCUT2D eigenvalue weighted by molar-refractivity contribution is 7.09. The number of carbonyl (C=O) groups is 1. The van der Waals surface area contributed by atoms with Crippen molar-refractivity contribution in [3.8, 4) is 28.5 Å². The van der Waals surface area contributed by atoms with Crippen molar-refractivity contribution in [1.82, 2.24) is 14.9 Å². The van der Waals surface area contributed by atoms with E-state index in [4.69, 9.17) is 19.2 Å². The van der Waals surface area contributed by atoms with Crippen LogP contribution in [0, 0.1) is 6.92 Å². The number of fused-ring (bicyclic) bond motifs is 2. The molecule has 0 saturated heterocycles. The predicted molar refractivity (Wildman–Crippen MR) is 102 cm³/mol. The smallest absolute Gasteiger partial charge is 0.261 e. The fraction of sp³-hybridized carbons (Fsp3) is 0.250. The third-order valence-corrected chi connectivity index (χ3v) is 5.49. The van der Waals surface area contributed by atoms with E-state index in [1.807, 2.05) is 42.6 Å². The van der Waals surface area contributed by atoms with Crippen LogP contribution >= 0.6 is 11.3 Å². The first kappa shape index (κ1) is 17.0. The standard InChI is InChI=1S/C20H17N3O4S/c1-12-21-14(10-28-12)7-23-8-16-17(25-9-20(23)24)5-3-15(22-16)13-2-4-18-19(6-13)27-11-26-18/h2-6,10H,7-9,11H2,1H3. The van der Waals surface area contributed by atoms with Crippen LogP contribution in [0.4, 0.5) is 0 Å². The molecule has 1 aromatic carbocycles. The summed E-state index contributed by atoms with van der Waals surface area (Å²) < 4.78 is 16.5. The van der Waals surface area contributed by atoms with Gasteiger partial charge in [-0.2, -0.15) is 0 Å². The van der Waals surface area contributed by atoms with Gasteiger partial charge in [0.25, 0.3) is 5.91 Å². The molecule has 3 aromatic rings. The molecule has 8 heteroatoms. The molecule has 5 rings (SSSR count). The lowest BCUT2D eigenvalue weighted by molar-refractivity contribution is -0.133. The Labute approximate surface area is 165 Å². The Morgan fingerprint density at radius 2 is 1.93 bits per heavy atom. The lowest BCUT2D eigenvalue weighted by atomic mass is 10.1. The molecule has 28 heavy (non-hydrogen) atoms. The Kier molecular flexibility index (Phi) is 4.12. The number of hydrogen-bond acceptors (Lipinski definition) is 7. The largest absolute Gasteiger partial charge is 0.482 e. The van der Waals surface area contributed by atoms with Crippen molar-refractivity contribution < 1.29 is 19.0 Å². The maximum Gasteiger partial charge on any atom is 0.261 e. The molecule has 0 N–H and O–H groups in total. The summed E-state index contributed by atoms with van der Waals surface area (Å²) in [6.45, 7) is 3.01. The molecule has 0 atom stereocenters. The molecule has 7 nitrogen and oxygen atoms in total. The van der Waals surface area contributed by atoms with Gasteiger partial charge in [0.05, 0.1) is 29.5 Å². The van der Waals surface area contributed by atoms with Crippen molar-refractivity contribution in [3.05, 3.63) is 52.1 Å². The van der Waals surface area contributed by atoms with Gasteiger partial charge in [0.15, 0.2) is 18.1 Å². The Morgan fingerprint density at radius 1 is 1.07 bits per heavy atom. The van der Waals surface area contributed by atoms with Gasteiger partial charge in [0.2, 0.25) is 6.79 Å². The molecule has 4 heterocycles. The minimum Gasteiger partial charge on any atom is -0.482 e. The van der Waals surface area contributed by atoms with Crippen molar-refractivity contribution in [2.45, 2.75) is 20.0 Å². The van der Waals surface area contributed by atoms with Crippen LogP contribution in [0.1, 0.15) is 16.4 Å². The molecule has 0 aliphatic carbocycles. The third-order valence-electron chi connectivity index (χ3n) is 4.66. The maximum atomic E-state index is 12.5. The van der Waals surface area contributed by atoms with E-state index in [1.54, 1.807) is 16.2 Å². The molecule has 1 amide bonds. The van der Waals surface area contributed by atoms with Gasteiger partial charge in [-0.15, -0.1) is 11.3 Å². The number of nitrogens with zero attached hydrogens (tertiary/aromatic N) is 3. The van der Waals surface area contributed by atoms with Gasteiger partial charge in [-0.05, 0) is 37.3 Å². The predicted octanol–water partition coefficient (Wildman–Crippen LogP) is 3.16. The van der Waals surface area contributed by atoms with Crippen LogP contribution in [0.5, 0.6) is 17.2 Å². The van der Waals surface area contributed by atoms with Gasteiger partial charge >= 0.3 is 0 Å². The van der Waals surface area contributed by atoms with Crippen molar-refractivity contribution in [2.75, 3.05) is 13.4 Å². The highest BCUT2D eigenvalue weighted by atomic mass is 32.1. The summed E-state index contributed by atoms with van der Waals surface area (Å²) in [6, 6.07) is 9.49. The summed E-state index contributed by atoms with van der Waals surface area (Å²) in [5, 5.41) is 2.96. The van der Waals surface area contributed by atoms with E-state index in [9.17, 15) is 4.79 Å². The van der Waals surface area contributed by atoms with Gasteiger partial charge in [-0.1, -0.05) is 0 Å². The first-order valence-corrected chi connectivity index (χ1v) is 9.75. The average molecular weight is 395 g/mol. The number of ether oxygens (including phenoxy) is 3. The van der Waals surface area contributed by atoms with Gasteiger partial charge in [-0.25, -0.2) is 9.97 Å². The number of pyridine rings is 1. The summed E-state index contributed by atoms with van der Waals surface area (Å²) in [5.41, 5.74) is 3.32. The number of benzene rings is 1. The molecule has 0 spiro atoms. The highest BCUT2D eigenvalue weighted by Crippen LogP contribution is 2.36. The first-order valence-electron chi connectivity index (χ1n) is 8.87. The molecule has 0 bridgehead atoms. The molecule has 0 radical (unpaired) electrons. The molecule has 0 fully saturated rings.